The van der Waals surface area contributed by atoms with Crippen LogP contribution < -0.4 is 0 Å². The molecule has 1 amide bonds. The van der Waals surface area contributed by atoms with Crippen molar-refractivity contribution in [3.63, 3.8) is 0 Å². The molecule has 0 saturated carbocycles. The quantitative estimate of drug-likeness (QED) is 0.521. The number of hydrogen-bond donors (Lipinski definition) is 2. The number of aliphatic hydroxyl groups is 1. The molecule has 5 heteroatoms. The summed E-state index contributed by atoms with van der Waals surface area (Å²) in [5.41, 5.74) is 3.08. The van der Waals surface area contributed by atoms with Gasteiger partial charge in [0.25, 0.3) is 5.91 Å². The number of carbonyl (C=O) groups is 1. The lowest BCUT2D eigenvalue weighted by Gasteiger charge is -2.23. The van der Waals surface area contributed by atoms with Gasteiger partial charge >= 0.3 is 0 Å². The van der Waals surface area contributed by atoms with E-state index in [1.54, 1.807) is 17.9 Å². The highest BCUT2D eigenvalue weighted by Crippen LogP contribution is 2.24. The van der Waals surface area contributed by atoms with E-state index in [-0.39, 0.29) is 12.5 Å². The molecule has 0 fully saturated rings. The second-order valence-electron chi connectivity index (χ2n) is 7.25. The number of fused-ring (bicyclic) bond motifs is 1. The van der Waals surface area contributed by atoms with Crippen molar-refractivity contribution in [1.82, 2.24) is 15.1 Å². The first-order valence-electron chi connectivity index (χ1n) is 9.66. The molecule has 4 rings (SSSR count). The molecule has 1 heterocycles. The maximum Gasteiger partial charge on any atom is 0.272 e. The van der Waals surface area contributed by atoms with Gasteiger partial charge in [0.05, 0.1) is 11.8 Å². The van der Waals surface area contributed by atoms with Crippen molar-refractivity contribution in [3.05, 3.63) is 90.1 Å². The molecule has 0 aliphatic rings. The van der Waals surface area contributed by atoms with Gasteiger partial charge in [0.15, 0.2) is 0 Å². The molecule has 0 bridgehead atoms. The van der Waals surface area contributed by atoms with Crippen molar-refractivity contribution in [2.45, 2.75) is 19.6 Å². The summed E-state index contributed by atoms with van der Waals surface area (Å²) in [7, 11) is 0. The fraction of sp³-hybridized carbons (Fsp3) is 0.167. The Hall–Kier alpha value is -3.44. The average molecular weight is 385 g/mol. The highest BCUT2D eigenvalue weighted by atomic mass is 16.3. The zero-order valence-electron chi connectivity index (χ0n) is 16.2. The number of aromatic amines is 1. The largest absolute Gasteiger partial charge is 0.392 e. The summed E-state index contributed by atoms with van der Waals surface area (Å²) in [6, 6.07) is 25.8. The summed E-state index contributed by atoms with van der Waals surface area (Å²) in [5.74, 6) is -0.186. The van der Waals surface area contributed by atoms with Crippen LogP contribution in [-0.4, -0.2) is 38.8 Å². The van der Waals surface area contributed by atoms with Crippen molar-refractivity contribution < 1.29 is 9.90 Å². The molecule has 29 heavy (non-hydrogen) atoms. The number of benzene rings is 3. The van der Waals surface area contributed by atoms with Gasteiger partial charge in [-0.05, 0) is 35.4 Å². The smallest absolute Gasteiger partial charge is 0.272 e. The number of nitrogens with one attached hydrogen (secondary N) is 1. The summed E-state index contributed by atoms with van der Waals surface area (Å²) in [6.07, 6.45) is -0.620. The van der Waals surface area contributed by atoms with E-state index in [0.29, 0.717) is 12.2 Å². The molecule has 2 N–H and O–H groups in total. The topological polar surface area (TPSA) is 69.2 Å². The maximum absolute atomic E-state index is 13.1. The monoisotopic (exact) mass is 385 g/mol. The van der Waals surface area contributed by atoms with Gasteiger partial charge in [-0.25, -0.2) is 0 Å². The molecule has 1 unspecified atom stereocenters. The molecule has 1 aromatic heterocycles. The van der Waals surface area contributed by atoms with Crippen LogP contribution in [0.15, 0.2) is 78.9 Å². The zero-order chi connectivity index (χ0) is 20.2. The van der Waals surface area contributed by atoms with Crippen molar-refractivity contribution in [2.24, 2.45) is 0 Å². The molecule has 0 aliphatic carbocycles. The molecule has 4 aromatic rings. The van der Waals surface area contributed by atoms with E-state index in [9.17, 15) is 9.90 Å². The first-order chi connectivity index (χ1) is 14.1. The molecule has 0 spiro atoms. The SMILES string of the molecule is CC(O)CN(Cc1ccccc1)C(=O)c1cc(-c2ccc3ccccc3c2)n[nH]1. The van der Waals surface area contributed by atoms with E-state index in [1.165, 1.54) is 0 Å². The van der Waals surface area contributed by atoms with Gasteiger partial charge < -0.3 is 10.0 Å². The Morgan fingerprint density at radius 1 is 1.00 bits per heavy atom. The van der Waals surface area contributed by atoms with E-state index >= 15 is 0 Å². The van der Waals surface area contributed by atoms with Crippen molar-refractivity contribution in [2.75, 3.05) is 6.54 Å². The Balaban J connectivity index is 1.59. The van der Waals surface area contributed by atoms with Crippen LogP contribution in [0.4, 0.5) is 0 Å². The Bertz CT molecular complexity index is 1120. The summed E-state index contributed by atoms with van der Waals surface area (Å²) in [4.78, 5) is 14.7. The van der Waals surface area contributed by atoms with Crippen LogP contribution in [0.3, 0.4) is 0 Å². The van der Waals surface area contributed by atoms with Gasteiger partial charge in [-0.15, -0.1) is 0 Å². The normalized spacial score (nSPS) is 12.1. The highest BCUT2D eigenvalue weighted by molar-refractivity contribution is 5.94. The predicted octanol–water partition coefficient (Wildman–Crippen LogP) is 4.25. The van der Waals surface area contributed by atoms with Gasteiger partial charge in [-0.3, -0.25) is 9.89 Å². The lowest BCUT2D eigenvalue weighted by molar-refractivity contribution is 0.0625. The second-order valence-corrected chi connectivity index (χ2v) is 7.25. The van der Waals surface area contributed by atoms with Crippen LogP contribution in [0.1, 0.15) is 23.0 Å². The minimum Gasteiger partial charge on any atom is -0.392 e. The van der Waals surface area contributed by atoms with Crippen LogP contribution >= 0.6 is 0 Å². The number of aromatic nitrogens is 2. The third-order valence-corrected chi connectivity index (χ3v) is 4.84. The zero-order valence-corrected chi connectivity index (χ0v) is 16.2. The third-order valence-electron chi connectivity index (χ3n) is 4.84. The number of rotatable bonds is 6. The van der Waals surface area contributed by atoms with Crippen molar-refractivity contribution in [1.29, 1.82) is 0 Å². The standard InChI is InChI=1S/C24H23N3O2/c1-17(28)15-27(16-18-7-3-2-4-8-18)24(29)23-14-22(25-26-23)21-12-11-19-9-5-6-10-20(19)13-21/h2-14,17,28H,15-16H2,1H3,(H,25,26). The number of carbonyl (C=O) groups excluding carboxylic acids is 1. The Morgan fingerprint density at radius 3 is 2.48 bits per heavy atom. The van der Waals surface area contributed by atoms with E-state index in [2.05, 4.69) is 34.5 Å². The minimum absolute atomic E-state index is 0.186. The van der Waals surface area contributed by atoms with E-state index < -0.39 is 6.10 Å². The Kier molecular flexibility index (Phi) is 5.40. The van der Waals surface area contributed by atoms with Crippen LogP contribution in [0.5, 0.6) is 0 Å². The highest BCUT2D eigenvalue weighted by Gasteiger charge is 2.20. The fourth-order valence-electron chi connectivity index (χ4n) is 3.44. The molecule has 1 atom stereocenters. The molecule has 5 nitrogen and oxygen atoms in total. The molecule has 0 radical (unpaired) electrons. The molecule has 0 saturated heterocycles. The lowest BCUT2D eigenvalue weighted by atomic mass is 10.0. The minimum atomic E-state index is -0.620. The van der Waals surface area contributed by atoms with Gasteiger partial charge in [0.2, 0.25) is 0 Å². The Morgan fingerprint density at radius 2 is 1.72 bits per heavy atom. The van der Waals surface area contributed by atoms with Crippen LogP contribution in [-0.2, 0) is 6.54 Å². The number of amides is 1. The van der Waals surface area contributed by atoms with Crippen LogP contribution in [0.2, 0.25) is 0 Å². The van der Waals surface area contributed by atoms with Gasteiger partial charge in [0, 0.05) is 18.7 Å². The lowest BCUT2D eigenvalue weighted by Crippen LogP contribution is -2.36. The summed E-state index contributed by atoms with van der Waals surface area (Å²) in [5, 5.41) is 19.4. The van der Waals surface area contributed by atoms with Crippen molar-refractivity contribution in [3.8, 4) is 11.3 Å². The second kappa shape index (κ2) is 8.29. The van der Waals surface area contributed by atoms with Crippen LogP contribution in [0, 0.1) is 0 Å². The number of aliphatic hydroxyl groups excluding tert-OH is 1. The Labute approximate surface area is 169 Å². The van der Waals surface area contributed by atoms with Crippen molar-refractivity contribution >= 4 is 16.7 Å². The van der Waals surface area contributed by atoms with Crippen LogP contribution in [0.25, 0.3) is 22.0 Å². The number of H-pyrrole nitrogens is 1. The van der Waals surface area contributed by atoms with E-state index in [1.807, 2.05) is 48.5 Å². The number of nitrogens with zero attached hydrogens (tertiary/aromatic N) is 2. The average Bonchev–Trinajstić information content (AvgIpc) is 3.23. The molecule has 3 aromatic carbocycles. The molecular formula is C24H23N3O2. The molecule has 146 valence electrons. The van der Waals surface area contributed by atoms with Gasteiger partial charge in [0.1, 0.15) is 5.69 Å². The first-order valence-corrected chi connectivity index (χ1v) is 9.66. The molecular weight excluding hydrogens is 362 g/mol. The van der Waals surface area contributed by atoms with Gasteiger partial charge in [-0.2, -0.15) is 5.10 Å². The van der Waals surface area contributed by atoms with Gasteiger partial charge in [-0.1, -0.05) is 66.7 Å². The molecule has 0 aliphatic heterocycles. The maximum atomic E-state index is 13.1. The summed E-state index contributed by atoms with van der Waals surface area (Å²) < 4.78 is 0. The summed E-state index contributed by atoms with van der Waals surface area (Å²) >= 11 is 0. The predicted molar refractivity (Wildman–Crippen MR) is 114 cm³/mol. The van der Waals surface area contributed by atoms with E-state index in [4.69, 9.17) is 0 Å². The third kappa shape index (κ3) is 4.36. The summed E-state index contributed by atoms with van der Waals surface area (Å²) in [6.45, 7) is 2.35. The first kappa shape index (κ1) is 18.9. The number of hydrogen-bond acceptors (Lipinski definition) is 3. The fourth-order valence-corrected chi connectivity index (χ4v) is 3.44. The van der Waals surface area contributed by atoms with E-state index in [0.717, 1.165) is 27.6 Å².